The van der Waals surface area contributed by atoms with Crippen LogP contribution in [-0.2, 0) is 13.1 Å². The highest BCUT2D eigenvalue weighted by Gasteiger charge is 2.12. The first-order valence-corrected chi connectivity index (χ1v) is 8.25. The molecule has 3 nitrogen and oxygen atoms in total. The van der Waals surface area contributed by atoms with Gasteiger partial charge >= 0.3 is 0 Å². The minimum Gasteiger partial charge on any atom is -0.347 e. The maximum Gasteiger partial charge on any atom is 0.185 e. The van der Waals surface area contributed by atoms with E-state index in [-0.39, 0.29) is 5.54 Å². The molecule has 1 heterocycles. The number of nitrogens with one attached hydrogen (secondary N) is 1. The van der Waals surface area contributed by atoms with E-state index in [2.05, 4.69) is 47.4 Å². The third-order valence-corrected chi connectivity index (χ3v) is 4.40. The van der Waals surface area contributed by atoms with Gasteiger partial charge in [0.2, 0.25) is 0 Å². The van der Waals surface area contributed by atoms with Crippen LogP contribution in [0.1, 0.15) is 32.0 Å². The molecule has 1 N–H and O–H groups in total. The van der Waals surface area contributed by atoms with Crippen LogP contribution in [0.25, 0.3) is 0 Å². The fraction of sp³-hybridized carbons (Fsp3) is 0.438. The zero-order valence-electron chi connectivity index (χ0n) is 13.0. The Kier molecular flexibility index (Phi) is 5.25. The molecule has 0 radical (unpaired) electrons. The highest BCUT2D eigenvalue weighted by molar-refractivity contribution is 7.13. The van der Waals surface area contributed by atoms with Gasteiger partial charge in [-0.15, -0.1) is 11.3 Å². The lowest BCUT2D eigenvalue weighted by molar-refractivity contribution is 0.422. The van der Waals surface area contributed by atoms with E-state index in [0.717, 1.165) is 34.5 Å². The zero-order valence-corrected chi connectivity index (χ0v) is 14.6. The van der Waals surface area contributed by atoms with Gasteiger partial charge < -0.3 is 10.2 Å². The maximum atomic E-state index is 6.21. The molecule has 114 valence electrons. The normalized spacial score (nSPS) is 11.7. The van der Waals surface area contributed by atoms with Crippen LogP contribution in [0.15, 0.2) is 29.6 Å². The first kappa shape index (κ1) is 16.3. The molecule has 0 amide bonds. The highest BCUT2D eigenvalue weighted by atomic mass is 35.5. The van der Waals surface area contributed by atoms with Crippen molar-refractivity contribution in [2.75, 3.05) is 11.9 Å². The van der Waals surface area contributed by atoms with Gasteiger partial charge in [0.15, 0.2) is 5.13 Å². The molecule has 0 spiro atoms. The van der Waals surface area contributed by atoms with E-state index in [4.69, 9.17) is 11.6 Å². The fourth-order valence-corrected chi connectivity index (χ4v) is 2.85. The molecule has 0 atom stereocenters. The lowest BCUT2D eigenvalue weighted by atomic mass is 10.1. The van der Waals surface area contributed by atoms with E-state index >= 15 is 0 Å². The Bertz CT molecular complexity index is 589. The van der Waals surface area contributed by atoms with E-state index in [0.29, 0.717) is 0 Å². The SMILES string of the molecule is CN(Cc1ccccc1Cl)c1nc(CNC(C)(C)C)cs1. The lowest BCUT2D eigenvalue weighted by Gasteiger charge is -2.19. The van der Waals surface area contributed by atoms with Gasteiger partial charge in [0.1, 0.15) is 0 Å². The number of aromatic nitrogens is 1. The number of benzene rings is 1. The van der Waals surface area contributed by atoms with Crippen molar-refractivity contribution in [2.45, 2.75) is 39.4 Å². The molecule has 1 aromatic carbocycles. The second-order valence-corrected chi connectivity index (χ2v) is 7.42. The monoisotopic (exact) mass is 323 g/mol. The Morgan fingerprint density at radius 1 is 1.29 bits per heavy atom. The molecular formula is C16H22ClN3S. The minimum absolute atomic E-state index is 0.104. The van der Waals surface area contributed by atoms with E-state index in [1.807, 2.05) is 25.2 Å². The number of thiazole rings is 1. The van der Waals surface area contributed by atoms with Gasteiger partial charge in [-0.05, 0) is 32.4 Å². The topological polar surface area (TPSA) is 28.2 Å². The van der Waals surface area contributed by atoms with E-state index in [9.17, 15) is 0 Å². The van der Waals surface area contributed by atoms with Crippen molar-refractivity contribution in [3.05, 3.63) is 45.9 Å². The summed E-state index contributed by atoms with van der Waals surface area (Å²) in [5.74, 6) is 0. The predicted molar refractivity (Wildman–Crippen MR) is 92.3 cm³/mol. The molecule has 0 aliphatic heterocycles. The Balaban J connectivity index is 1.99. The van der Waals surface area contributed by atoms with Crippen molar-refractivity contribution in [1.29, 1.82) is 0 Å². The zero-order chi connectivity index (χ0) is 15.5. The third-order valence-electron chi connectivity index (χ3n) is 3.03. The summed E-state index contributed by atoms with van der Waals surface area (Å²) in [4.78, 5) is 6.81. The van der Waals surface area contributed by atoms with Crippen LogP contribution in [-0.4, -0.2) is 17.6 Å². The van der Waals surface area contributed by atoms with Crippen molar-refractivity contribution >= 4 is 28.1 Å². The molecule has 0 unspecified atom stereocenters. The van der Waals surface area contributed by atoms with Gasteiger partial charge in [-0.25, -0.2) is 4.98 Å². The average molecular weight is 324 g/mol. The number of anilines is 1. The van der Waals surface area contributed by atoms with Gasteiger partial charge in [-0.1, -0.05) is 29.8 Å². The molecule has 0 saturated carbocycles. The molecule has 0 aliphatic carbocycles. The van der Waals surface area contributed by atoms with Crippen molar-refractivity contribution in [3.8, 4) is 0 Å². The second-order valence-electron chi connectivity index (χ2n) is 6.17. The summed E-state index contributed by atoms with van der Waals surface area (Å²) >= 11 is 7.87. The number of hydrogen-bond donors (Lipinski definition) is 1. The van der Waals surface area contributed by atoms with E-state index in [1.54, 1.807) is 11.3 Å². The van der Waals surface area contributed by atoms with Crippen LogP contribution in [0.2, 0.25) is 5.02 Å². The van der Waals surface area contributed by atoms with Crippen molar-refractivity contribution < 1.29 is 0 Å². The summed E-state index contributed by atoms with van der Waals surface area (Å²) in [6.07, 6.45) is 0. The van der Waals surface area contributed by atoms with Gasteiger partial charge in [0, 0.05) is 36.1 Å². The van der Waals surface area contributed by atoms with Crippen LogP contribution in [0, 0.1) is 0 Å². The first-order valence-electron chi connectivity index (χ1n) is 6.99. The van der Waals surface area contributed by atoms with Gasteiger partial charge in [-0.2, -0.15) is 0 Å². The predicted octanol–water partition coefficient (Wildman–Crippen LogP) is 4.32. The van der Waals surface area contributed by atoms with Gasteiger partial charge in [-0.3, -0.25) is 0 Å². The molecule has 1 aromatic heterocycles. The number of hydrogen-bond acceptors (Lipinski definition) is 4. The Morgan fingerprint density at radius 3 is 2.67 bits per heavy atom. The largest absolute Gasteiger partial charge is 0.347 e. The van der Waals surface area contributed by atoms with Crippen LogP contribution < -0.4 is 10.2 Å². The summed E-state index contributed by atoms with van der Waals surface area (Å²) in [5.41, 5.74) is 2.30. The van der Waals surface area contributed by atoms with Gasteiger partial charge in [0.25, 0.3) is 0 Å². The maximum absolute atomic E-state index is 6.21. The number of nitrogens with zero attached hydrogens (tertiary/aromatic N) is 2. The molecule has 5 heteroatoms. The molecule has 21 heavy (non-hydrogen) atoms. The summed E-state index contributed by atoms with van der Waals surface area (Å²) in [6, 6.07) is 7.93. The van der Waals surface area contributed by atoms with Crippen molar-refractivity contribution in [3.63, 3.8) is 0 Å². The molecule has 0 bridgehead atoms. The fourth-order valence-electron chi connectivity index (χ4n) is 1.86. The summed E-state index contributed by atoms with van der Waals surface area (Å²) in [7, 11) is 2.04. The Morgan fingerprint density at radius 2 is 2.00 bits per heavy atom. The van der Waals surface area contributed by atoms with E-state index in [1.165, 1.54) is 0 Å². The average Bonchev–Trinajstić information content (AvgIpc) is 2.87. The minimum atomic E-state index is 0.104. The Labute approximate surface area is 136 Å². The first-order chi connectivity index (χ1) is 9.85. The summed E-state index contributed by atoms with van der Waals surface area (Å²) in [5, 5.41) is 7.38. The summed E-state index contributed by atoms with van der Waals surface area (Å²) < 4.78 is 0. The molecule has 0 fully saturated rings. The third kappa shape index (κ3) is 4.99. The van der Waals surface area contributed by atoms with Crippen molar-refractivity contribution in [2.24, 2.45) is 0 Å². The quantitative estimate of drug-likeness (QED) is 0.888. The number of rotatable bonds is 5. The van der Waals surface area contributed by atoms with Crippen LogP contribution in [0.5, 0.6) is 0 Å². The van der Waals surface area contributed by atoms with Gasteiger partial charge in [0.05, 0.1) is 5.69 Å². The molecule has 0 aliphatic rings. The molecule has 2 rings (SSSR count). The number of halogens is 1. The van der Waals surface area contributed by atoms with E-state index < -0.39 is 0 Å². The highest BCUT2D eigenvalue weighted by Crippen LogP contribution is 2.23. The molecule has 0 saturated heterocycles. The second kappa shape index (κ2) is 6.77. The smallest absolute Gasteiger partial charge is 0.185 e. The standard InChI is InChI=1S/C16H22ClN3S/c1-16(2,3)18-9-13-11-21-15(19-13)20(4)10-12-7-5-6-8-14(12)17/h5-8,11,18H,9-10H2,1-4H3. The van der Waals surface area contributed by atoms with Crippen molar-refractivity contribution in [1.82, 2.24) is 10.3 Å². The van der Waals surface area contributed by atoms with Crippen LogP contribution >= 0.6 is 22.9 Å². The Hall–Kier alpha value is -1.10. The van der Waals surface area contributed by atoms with Crippen LogP contribution in [0.4, 0.5) is 5.13 Å². The molecular weight excluding hydrogens is 302 g/mol. The van der Waals surface area contributed by atoms with Crippen LogP contribution in [0.3, 0.4) is 0 Å². The molecule has 2 aromatic rings. The lowest BCUT2D eigenvalue weighted by Crippen LogP contribution is -2.35. The summed E-state index contributed by atoms with van der Waals surface area (Å²) in [6.45, 7) is 8.02.